The molecule has 0 saturated heterocycles. The molecule has 0 aromatic carbocycles. The van der Waals surface area contributed by atoms with Gasteiger partial charge in [0.2, 0.25) is 10.0 Å². The van der Waals surface area contributed by atoms with Gasteiger partial charge in [-0.15, -0.1) is 0 Å². The highest BCUT2D eigenvalue weighted by Gasteiger charge is 2.22. The Kier molecular flexibility index (Phi) is 5.11. The van der Waals surface area contributed by atoms with Crippen LogP contribution in [-0.2, 0) is 14.8 Å². The summed E-state index contributed by atoms with van der Waals surface area (Å²) in [5, 5.41) is 19.2. The highest BCUT2D eigenvalue weighted by Crippen LogP contribution is 2.12. The van der Waals surface area contributed by atoms with Crippen molar-refractivity contribution >= 4 is 21.8 Å². The van der Waals surface area contributed by atoms with Gasteiger partial charge < -0.3 is 15.2 Å². The zero-order valence-electron chi connectivity index (χ0n) is 10.5. The monoisotopic (exact) mass is 303 g/mol. The van der Waals surface area contributed by atoms with E-state index in [0.29, 0.717) is 0 Å². The van der Waals surface area contributed by atoms with Crippen molar-refractivity contribution in [2.24, 2.45) is 5.92 Å². The number of nitrogens with zero attached hydrogens (tertiary/aromatic N) is 2. The first-order valence-electron chi connectivity index (χ1n) is 5.61. The maximum atomic E-state index is 11.8. The minimum atomic E-state index is -3.94. The number of pyridine rings is 1. The van der Waals surface area contributed by atoms with E-state index >= 15 is 0 Å². The van der Waals surface area contributed by atoms with E-state index in [-0.39, 0.29) is 17.9 Å². The maximum Gasteiger partial charge on any atom is 0.363 e. The highest BCUT2D eigenvalue weighted by molar-refractivity contribution is 7.89. The van der Waals surface area contributed by atoms with Gasteiger partial charge in [0.25, 0.3) is 0 Å². The molecule has 1 aromatic heterocycles. The molecule has 0 bridgehead atoms. The fraction of sp³-hybridized carbons (Fsp3) is 0.400. The molecule has 0 fully saturated rings. The predicted molar refractivity (Wildman–Crippen MR) is 67.5 cm³/mol. The van der Waals surface area contributed by atoms with Crippen molar-refractivity contribution < 1.29 is 23.2 Å². The Balaban J connectivity index is 2.83. The molecule has 0 aliphatic heterocycles. The summed E-state index contributed by atoms with van der Waals surface area (Å²) >= 11 is 0. The molecule has 2 N–H and O–H groups in total. The molecule has 1 aromatic rings. The van der Waals surface area contributed by atoms with Gasteiger partial charge in [0.1, 0.15) is 4.90 Å². The summed E-state index contributed by atoms with van der Waals surface area (Å²) in [7, 11) is -3.94. The topological polar surface area (TPSA) is 140 Å². The van der Waals surface area contributed by atoms with Crippen LogP contribution in [0.15, 0.2) is 23.2 Å². The van der Waals surface area contributed by atoms with Gasteiger partial charge in [0.15, 0.2) is 6.20 Å². The van der Waals surface area contributed by atoms with E-state index in [9.17, 15) is 23.3 Å². The van der Waals surface area contributed by atoms with Crippen molar-refractivity contribution in [2.45, 2.75) is 18.2 Å². The highest BCUT2D eigenvalue weighted by atomic mass is 32.2. The molecule has 1 rings (SSSR count). The van der Waals surface area contributed by atoms with Crippen LogP contribution < -0.4 is 4.72 Å². The third kappa shape index (κ3) is 3.96. The zero-order chi connectivity index (χ0) is 15.3. The molecule has 20 heavy (non-hydrogen) atoms. The predicted octanol–water partition coefficient (Wildman–Crippen LogP) is 0.379. The molecule has 0 radical (unpaired) electrons. The lowest BCUT2D eigenvalue weighted by Gasteiger charge is -2.10. The van der Waals surface area contributed by atoms with Crippen molar-refractivity contribution in [1.82, 2.24) is 9.71 Å². The number of carboxylic acid groups (broad SMARTS) is 1. The van der Waals surface area contributed by atoms with Crippen molar-refractivity contribution in [3.05, 3.63) is 28.4 Å². The Morgan fingerprint density at radius 3 is 2.60 bits per heavy atom. The Hall–Kier alpha value is -2.07. The summed E-state index contributed by atoms with van der Waals surface area (Å²) in [5.74, 6) is -2.41. The Bertz CT molecular complexity index is 598. The van der Waals surface area contributed by atoms with Gasteiger partial charge in [0, 0.05) is 12.6 Å². The Morgan fingerprint density at radius 1 is 1.55 bits per heavy atom. The van der Waals surface area contributed by atoms with Crippen LogP contribution in [0.25, 0.3) is 0 Å². The van der Waals surface area contributed by atoms with E-state index in [1.165, 1.54) is 0 Å². The van der Waals surface area contributed by atoms with E-state index in [4.69, 9.17) is 5.11 Å². The van der Waals surface area contributed by atoms with Gasteiger partial charge in [-0.2, -0.15) is 0 Å². The second-order valence-electron chi connectivity index (χ2n) is 3.90. The van der Waals surface area contributed by atoms with E-state index in [1.54, 1.807) is 6.92 Å². The molecule has 10 heteroatoms. The van der Waals surface area contributed by atoms with Crippen LogP contribution in [0, 0.1) is 16.0 Å². The second kappa shape index (κ2) is 6.39. The molecule has 0 spiro atoms. The molecule has 1 heterocycles. The van der Waals surface area contributed by atoms with Gasteiger partial charge in [-0.25, -0.2) is 13.1 Å². The van der Waals surface area contributed by atoms with Crippen LogP contribution in [0.4, 0.5) is 5.82 Å². The van der Waals surface area contributed by atoms with Crippen molar-refractivity contribution in [1.29, 1.82) is 0 Å². The fourth-order valence-electron chi connectivity index (χ4n) is 1.34. The second-order valence-corrected chi connectivity index (χ2v) is 5.67. The van der Waals surface area contributed by atoms with Gasteiger partial charge >= 0.3 is 11.8 Å². The van der Waals surface area contributed by atoms with Crippen LogP contribution in [-0.4, -0.2) is 35.9 Å². The van der Waals surface area contributed by atoms with E-state index in [2.05, 4.69) is 9.71 Å². The number of rotatable bonds is 7. The molecule has 1 atom stereocenters. The number of hydrogen-bond acceptors (Lipinski definition) is 6. The quantitative estimate of drug-likeness (QED) is 0.548. The number of carbonyl (C=O) groups is 1. The average molecular weight is 303 g/mol. The SMILES string of the molecule is CCC(CNS(=O)(=O)c1ccc([N+](=O)[O-])nc1)C(=O)O. The molecule has 0 aliphatic carbocycles. The fourth-order valence-corrected chi connectivity index (χ4v) is 2.37. The summed E-state index contributed by atoms with van der Waals surface area (Å²) < 4.78 is 25.8. The number of hydrogen-bond donors (Lipinski definition) is 2. The maximum absolute atomic E-state index is 11.8. The normalized spacial score (nSPS) is 12.8. The molecule has 0 amide bonds. The van der Waals surface area contributed by atoms with Crippen molar-refractivity contribution in [3.63, 3.8) is 0 Å². The van der Waals surface area contributed by atoms with Gasteiger partial charge in [-0.3, -0.25) is 4.79 Å². The first kappa shape index (κ1) is 16.0. The van der Waals surface area contributed by atoms with Gasteiger partial charge in [0.05, 0.1) is 5.92 Å². The lowest BCUT2D eigenvalue weighted by Crippen LogP contribution is -2.32. The number of nitrogens with one attached hydrogen (secondary N) is 1. The van der Waals surface area contributed by atoms with Crippen LogP contribution in [0.3, 0.4) is 0 Å². The number of carboxylic acids is 1. The van der Waals surface area contributed by atoms with Crippen LogP contribution in [0.2, 0.25) is 0 Å². The van der Waals surface area contributed by atoms with Gasteiger partial charge in [-0.1, -0.05) is 6.92 Å². The minimum absolute atomic E-state index is 0.259. The molecule has 110 valence electrons. The van der Waals surface area contributed by atoms with E-state index < -0.39 is 32.7 Å². The zero-order valence-corrected chi connectivity index (χ0v) is 11.3. The summed E-state index contributed by atoms with van der Waals surface area (Å²) in [5.41, 5.74) is 0. The number of aromatic nitrogens is 1. The Morgan fingerprint density at radius 2 is 2.20 bits per heavy atom. The van der Waals surface area contributed by atoms with Crippen molar-refractivity contribution in [2.75, 3.05) is 6.54 Å². The Labute approximate surface area is 114 Å². The lowest BCUT2D eigenvalue weighted by molar-refractivity contribution is -0.389. The third-order valence-electron chi connectivity index (χ3n) is 2.58. The molecule has 0 saturated carbocycles. The van der Waals surface area contributed by atoms with Gasteiger partial charge in [-0.05, 0) is 22.4 Å². The largest absolute Gasteiger partial charge is 0.481 e. The molecule has 1 unspecified atom stereocenters. The first-order chi connectivity index (χ1) is 9.27. The molecule has 9 nitrogen and oxygen atoms in total. The van der Waals surface area contributed by atoms with E-state index in [1.807, 2.05) is 0 Å². The van der Waals surface area contributed by atoms with Crippen LogP contribution in [0.5, 0.6) is 0 Å². The standard InChI is InChI=1S/C10H13N3O6S/c1-2-7(10(14)15)5-12-20(18,19)8-3-4-9(11-6-8)13(16)17/h3-4,6-7,12H,2,5H2,1H3,(H,14,15). The number of aliphatic carboxylic acids is 1. The molecular formula is C10H13N3O6S. The average Bonchev–Trinajstić information content (AvgIpc) is 2.39. The first-order valence-corrected chi connectivity index (χ1v) is 7.09. The molecule has 0 aliphatic rings. The summed E-state index contributed by atoms with van der Waals surface area (Å²) in [6.07, 6.45) is 1.12. The van der Waals surface area contributed by atoms with Crippen LogP contribution in [0.1, 0.15) is 13.3 Å². The van der Waals surface area contributed by atoms with Crippen molar-refractivity contribution in [3.8, 4) is 0 Å². The number of nitro groups is 1. The van der Waals surface area contributed by atoms with E-state index in [0.717, 1.165) is 18.3 Å². The van der Waals surface area contributed by atoms with Crippen LogP contribution >= 0.6 is 0 Å². The minimum Gasteiger partial charge on any atom is -0.481 e. The smallest absolute Gasteiger partial charge is 0.363 e. The molecular weight excluding hydrogens is 290 g/mol. The third-order valence-corrected chi connectivity index (χ3v) is 3.99. The lowest BCUT2D eigenvalue weighted by atomic mass is 10.1. The summed E-state index contributed by atoms with van der Waals surface area (Å²) in [4.78, 5) is 23.6. The summed E-state index contributed by atoms with van der Waals surface area (Å²) in [6.45, 7) is 1.37. The number of sulfonamides is 1. The summed E-state index contributed by atoms with van der Waals surface area (Å²) in [6, 6.07) is 2.00.